The van der Waals surface area contributed by atoms with E-state index in [0.29, 0.717) is 41.3 Å². The smallest absolute Gasteiger partial charge is 0.165 e. The van der Waals surface area contributed by atoms with Gasteiger partial charge in [-0.1, -0.05) is 13.5 Å². The summed E-state index contributed by atoms with van der Waals surface area (Å²) in [6.45, 7) is 11.6. The SMILES string of the molecule is C=CC(=NCc1ccc(SCC)cn1)Nc1c(C)nc(-c2c(C)ncnc2C2CC2)nc1N(C)C(C)CF. The Hall–Kier alpha value is -3.40. The molecule has 10 heteroatoms. The van der Waals surface area contributed by atoms with Crippen LogP contribution in [0.4, 0.5) is 15.9 Å². The van der Waals surface area contributed by atoms with Crippen molar-refractivity contribution in [3.63, 3.8) is 0 Å². The molecule has 0 spiro atoms. The summed E-state index contributed by atoms with van der Waals surface area (Å²) in [7, 11) is 1.83. The molecule has 3 heterocycles. The number of aryl methyl sites for hydroxylation is 2. The number of thioether (sulfide) groups is 1. The fraction of sp³-hybridized carbons (Fsp3) is 0.429. The summed E-state index contributed by atoms with van der Waals surface area (Å²) in [5.41, 5.74) is 4.89. The Bertz CT molecular complexity index is 1310. The van der Waals surface area contributed by atoms with Gasteiger partial charge in [-0.15, -0.1) is 11.8 Å². The Morgan fingerprint density at radius 3 is 2.66 bits per heavy atom. The number of amidine groups is 1. The van der Waals surface area contributed by atoms with Crippen molar-refractivity contribution in [2.45, 2.75) is 63.9 Å². The first-order valence-corrected chi connectivity index (χ1v) is 13.9. The Kier molecular flexibility index (Phi) is 9.04. The average molecular weight is 535 g/mol. The fourth-order valence-corrected chi connectivity index (χ4v) is 4.65. The van der Waals surface area contributed by atoms with Crippen LogP contribution < -0.4 is 10.2 Å². The van der Waals surface area contributed by atoms with Crippen molar-refractivity contribution < 1.29 is 4.39 Å². The molecule has 0 radical (unpaired) electrons. The van der Waals surface area contributed by atoms with Crippen LogP contribution in [0.3, 0.4) is 0 Å². The van der Waals surface area contributed by atoms with Crippen LogP contribution in [0, 0.1) is 13.8 Å². The first kappa shape index (κ1) is 27.6. The zero-order valence-corrected chi connectivity index (χ0v) is 23.5. The van der Waals surface area contributed by atoms with E-state index in [9.17, 15) is 4.39 Å². The highest BCUT2D eigenvalue weighted by Gasteiger charge is 2.31. The molecule has 1 unspecified atom stereocenters. The van der Waals surface area contributed by atoms with Gasteiger partial charge in [0.05, 0.1) is 40.9 Å². The molecule has 38 heavy (non-hydrogen) atoms. The van der Waals surface area contributed by atoms with Gasteiger partial charge in [-0.05, 0) is 57.6 Å². The van der Waals surface area contributed by atoms with Gasteiger partial charge in [-0.2, -0.15) is 0 Å². The monoisotopic (exact) mass is 534 g/mol. The van der Waals surface area contributed by atoms with Crippen molar-refractivity contribution in [1.29, 1.82) is 0 Å². The van der Waals surface area contributed by atoms with E-state index in [1.807, 2.05) is 45.0 Å². The molecule has 0 amide bonds. The summed E-state index contributed by atoms with van der Waals surface area (Å²) in [6.07, 6.45) is 7.32. The normalized spacial score (nSPS) is 14.3. The number of nitrogens with zero attached hydrogens (tertiary/aromatic N) is 7. The largest absolute Gasteiger partial charge is 0.352 e. The number of hydrogen-bond donors (Lipinski definition) is 1. The van der Waals surface area contributed by atoms with Gasteiger partial charge >= 0.3 is 0 Å². The molecular weight excluding hydrogens is 499 g/mol. The number of rotatable bonds is 11. The molecule has 3 aromatic heterocycles. The van der Waals surface area contributed by atoms with Crippen molar-refractivity contribution >= 4 is 29.1 Å². The van der Waals surface area contributed by atoms with Crippen LogP contribution in [0.15, 0.2) is 47.2 Å². The van der Waals surface area contributed by atoms with E-state index < -0.39 is 6.67 Å². The highest BCUT2D eigenvalue weighted by Crippen LogP contribution is 2.44. The first-order valence-electron chi connectivity index (χ1n) is 12.9. The molecule has 8 nitrogen and oxygen atoms in total. The maximum Gasteiger partial charge on any atom is 0.165 e. The fourth-order valence-electron chi connectivity index (χ4n) is 4.02. The molecule has 1 N–H and O–H groups in total. The minimum absolute atomic E-state index is 0.387. The summed E-state index contributed by atoms with van der Waals surface area (Å²) in [5.74, 6) is 3.09. The van der Waals surface area contributed by atoms with Gasteiger partial charge in [0.2, 0.25) is 0 Å². The van der Waals surface area contributed by atoms with E-state index in [1.165, 1.54) is 0 Å². The van der Waals surface area contributed by atoms with Crippen LogP contribution >= 0.6 is 11.8 Å². The molecule has 1 aliphatic carbocycles. The lowest BCUT2D eigenvalue weighted by molar-refractivity contribution is 0.434. The number of aliphatic imine (C=N–C) groups is 1. The van der Waals surface area contributed by atoms with E-state index in [2.05, 4.69) is 44.8 Å². The van der Waals surface area contributed by atoms with Crippen molar-refractivity contribution in [2.24, 2.45) is 4.99 Å². The lowest BCUT2D eigenvalue weighted by Crippen LogP contribution is -2.32. The molecule has 200 valence electrons. The molecule has 4 rings (SSSR count). The lowest BCUT2D eigenvalue weighted by Gasteiger charge is -2.27. The molecule has 3 aromatic rings. The third-order valence-corrected chi connectivity index (χ3v) is 7.37. The Morgan fingerprint density at radius 2 is 2.03 bits per heavy atom. The van der Waals surface area contributed by atoms with E-state index >= 15 is 0 Å². The van der Waals surface area contributed by atoms with E-state index in [0.717, 1.165) is 46.1 Å². The number of halogens is 1. The molecular formula is C28H35FN8S. The minimum Gasteiger partial charge on any atom is -0.352 e. The van der Waals surface area contributed by atoms with Gasteiger partial charge in [0, 0.05) is 24.1 Å². The number of aromatic nitrogens is 5. The third-order valence-electron chi connectivity index (χ3n) is 6.51. The van der Waals surface area contributed by atoms with Crippen molar-refractivity contribution in [2.75, 3.05) is 29.7 Å². The molecule has 0 aliphatic heterocycles. The Balaban J connectivity index is 1.70. The predicted octanol–water partition coefficient (Wildman–Crippen LogP) is 5.93. The Morgan fingerprint density at radius 1 is 1.24 bits per heavy atom. The van der Waals surface area contributed by atoms with Crippen LogP contribution in [0.5, 0.6) is 0 Å². The summed E-state index contributed by atoms with van der Waals surface area (Å²) < 4.78 is 13.8. The van der Waals surface area contributed by atoms with Crippen molar-refractivity contribution in [1.82, 2.24) is 24.9 Å². The van der Waals surface area contributed by atoms with E-state index in [1.54, 1.807) is 24.2 Å². The highest BCUT2D eigenvalue weighted by molar-refractivity contribution is 7.99. The highest BCUT2D eigenvalue weighted by atomic mass is 32.2. The van der Waals surface area contributed by atoms with Crippen LogP contribution in [-0.2, 0) is 6.54 Å². The van der Waals surface area contributed by atoms with Gasteiger partial charge in [-0.25, -0.2) is 24.3 Å². The number of anilines is 2. The van der Waals surface area contributed by atoms with Gasteiger partial charge < -0.3 is 10.2 Å². The van der Waals surface area contributed by atoms with Crippen molar-refractivity contribution in [3.05, 3.63) is 60.1 Å². The quantitative estimate of drug-likeness (QED) is 0.184. The first-order chi connectivity index (χ1) is 18.4. The van der Waals surface area contributed by atoms with Gasteiger partial charge in [-0.3, -0.25) is 9.98 Å². The standard InChI is InChI=1S/C28H35FN8S/c1-7-23(31-14-21-11-12-22(15-30-21)38-8-2)35-25-19(5)34-27(36-28(25)37(6)17(3)13-29)24-18(4)32-16-33-26(24)20-9-10-20/h7,11-12,15-17,20H,1,8-10,13-14H2,2-6H3,(H,31,35). The summed E-state index contributed by atoms with van der Waals surface area (Å²) in [5, 5.41) is 3.35. The van der Waals surface area contributed by atoms with Crippen LogP contribution in [0.25, 0.3) is 11.4 Å². The third kappa shape index (κ3) is 6.35. The topological polar surface area (TPSA) is 92.1 Å². The van der Waals surface area contributed by atoms with Crippen molar-refractivity contribution in [3.8, 4) is 11.4 Å². The van der Waals surface area contributed by atoms with Crippen LogP contribution in [0.2, 0.25) is 0 Å². The number of nitrogens with one attached hydrogen (secondary N) is 1. The van der Waals surface area contributed by atoms with Gasteiger partial charge in [0.25, 0.3) is 0 Å². The molecule has 1 atom stereocenters. The second-order valence-corrected chi connectivity index (χ2v) is 10.7. The van der Waals surface area contributed by atoms with Crippen LogP contribution in [-0.4, -0.2) is 56.3 Å². The summed E-state index contributed by atoms with van der Waals surface area (Å²) >= 11 is 1.75. The second kappa shape index (κ2) is 12.4. The van der Waals surface area contributed by atoms with Gasteiger partial charge in [0.15, 0.2) is 11.6 Å². The van der Waals surface area contributed by atoms with E-state index in [-0.39, 0.29) is 6.04 Å². The maximum absolute atomic E-state index is 13.8. The van der Waals surface area contributed by atoms with E-state index in [4.69, 9.17) is 9.97 Å². The zero-order chi connectivity index (χ0) is 27.2. The average Bonchev–Trinajstić information content (AvgIpc) is 3.77. The number of pyridine rings is 1. The predicted molar refractivity (Wildman–Crippen MR) is 154 cm³/mol. The number of alkyl halides is 1. The zero-order valence-electron chi connectivity index (χ0n) is 22.7. The molecule has 0 aromatic carbocycles. The lowest BCUT2D eigenvalue weighted by atomic mass is 10.1. The molecule has 1 aliphatic rings. The summed E-state index contributed by atoms with van der Waals surface area (Å²) in [4.78, 5) is 30.9. The number of hydrogen-bond acceptors (Lipinski definition) is 8. The Labute approximate surface area is 228 Å². The second-order valence-electron chi connectivity index (χ2n) is 9.39. The van der Waals surface area contributed by atoms with Gasteiger partial charge in [0.1, 0.15) is 24.5 Å². The minimum atomic E-state index is -0.518. The molecule has 0 bridgehead atoms. The molecule has 1 saturated carbocycles. The molecule has 1 fully saturated rings. The summed E-state index contributed by atoms with van der Waals surface area (Å²) in [6, 6.07) is 3.65. The van der Waals surface area contributed by atoms with Crippen LogP contribution in [0.1, 0.15) is 55.4 Å². The maximum atomic E-state index is 13.8. The molecule has 0 saturated heterocycles.